The van der Waals surface area contributed by atoms with Crippen LogP contribution in [-0.4, -0.2) is 103 Å². The molecule has 302 valence electrons. The van der Waals surface area contributed by atoms with Crippen molar-refractivity contribution in [3.8, 4) is 22.5 Å². The molecule has 58 heavy (non-hydrogen) atoms. The predicted octanol–water partition coefficient (Wildman–Crippen LogP) is 5.93. The van der Waals surface area contributed by atoms with E-state index in [1.54, 1.807) is 28.3 Å². The first-order valence-electron chi connectivity index (χ1n) is 19.4. The monoisotopic (exact) mass is 792 g/mol. The Labute approximate surface area is 332 Å². The van der Waals surface area contributed by atoms with Crippen molar-refractivity contribution in [3.63, 3.8) is 0 Å². The van der Waals surface area contributed by atoms with Crippen LogP contribution in [0.3, 0.4) is 0 Å². The average Bonchev–Trinajstić information content (AvgIpc) is 4.08. The Morgan fingerprint density at radius 2 is 1.48 bits per heavy atom. The number of likely N-dealkylation sites (tertiary alicyclic amines) is 2. The molecule has 2 aliphatic rings. The first kappa shape index (κ1) is 38.4. The van der Waals surface area contributed by atoms with Crippen LogP contribution in [0.25, 0.3) is 49.8 Å². The molecule has 2 aliphatic heterocycles. The maximum absolute atomic E-state index is 16.7. The first-order chi connectivity index (χ1) is 28.0. The molecule has 1 unspecified atom stereocenters. The van der Waals surface area contributed by atoms with Crippen molar-refractivity contribution in [3.05, 3.63) is 72.1 Å². The number of nitrogens with zero attached hydrogens (tertiary/aromatic N) is 6. The summed E-state index contributed by atoms with van der Waals surface area (Å²) in [6.45, 7) is 6.51. The summed E-state index contributed by atoms with van der Waals surface area (Å²) in [6, 6.07) is 9.94. The molecular formula is C41H45FN10O6. The van der Waals surface area contributed by atoms with Gasteiger partial charge in [-0.05, 0) is 62.8 Å². The van der Waals surface area contributed by atoms with Crippen LogP contribution in [0.4, 0.5) is 14.0 Å². The van der Waals surface area contributed by atoms with Gasteiger partial charge in [0.05, 0.1) is 66.6 Å². The highest BCUT2D eigenvalue weighted by atomic mass is 19.1. The molecule has 2 aromatic carbocycles. The Bertz CT molecular complexity index is 2580. The number of nitrogens with one attached hydrogen (secondary N) is 4. The molecule has 2 fully saturated rings. The molecule has 0 spiro atoms. The second kappa shape index (κ2) is 15.4. The van der Waals surface area contributed by atoms with Crippen molar-refractivity contribution in [2.75, 3.05) is 33.9 Å². The molecule has 4 aromatic heterocycles. The van der Waals surface area contributed by atoms with E-state index in [2.05, 4.69) is 35.3 Å². The number of alkyl carbamates (subject to hydrolysis) is 2. The van der Waals surface area contributed by atoms with Gasteiger partial charge < -0.3 is 39.9 Å². The number of amides is 4. The fraction of sp³-hybridized carbons (Fsp3) is 0.390. The lowest BCUT2D eigenvalue weighted by Gasteiger charge is -2.30. The standard InChI is InChI=1S/C41H45FN10O6/c1-21(2)35(49-41(56)58-5)39(54)51-15-7-9-32(51)38-44-18-28(47-38)23-11-13-30-26(16-23)34(42)36-25-12-10-24(17-27(25)46-22(3)52(30)36)29-19-43-37(48-29)31-8-6-14-50(31)33(53)20-45-40(55)57-4/h10-13,16-19,21,31-32,35H,6-9,14-15,20H2,1-5H3,(H,43,48)(H,44,47)(H,45,55)(H,49,56)/t31-,32?,35-/m0/s1. The number of carbonyl (C=O) groups excluding carboxylic acids is 4. The van der Waals surface area contributed by atoms with Crippen LogP contribution in [0.1, 0.15) is 69.1 Å². The predicted molar refractivity (Wildman–Crippen MR) is 212 cm³/mol. The Morgan fingerprint density at radius 1 is 0.862 bits per heavy atom. The highest BCUT2D eigenvalue weighted by Crippen LogP contribution is 2.37. The second-order valence-electron chi connectivity index (χ2n) is 15.1. The van der Waals surface area contributed by atoms with Gasteiger partial charge in [0.2, 0.25) is 11.8 Å². The van der Waals surface area contributed by atoms with Gasteiger partial charge in [-0.25, -0.2) is 28.9 Å². The molecule has 4 amide bonds. The fourth-order valence-electron chi connectivity index (χ4n) is 8.38. The Hall–Kier alpha value is -6.52. The van der Waals surface area contributed by atoms with Gasteiger partial charge in [-0.3, -0.25) is 14.0 Å². The highest BCUT2D eigenvalue weighted by molar-refractivity contribution is 6.03. The van der Waals surface area contributed by atoms with Gasteiger partial charge in [0.1, 0.15) is 30.1 Å². The molecule has 0 saturated carbocycles. The van der Waals surface area contributed by atoms with E-state index < -0.39 is 18.2 Å². The lowest BCUT2D eigenvalue weighted by Crippen LogP contribution is -2.51. The maximum Gasteiger partial charge on any atom is 0.407 e. The number of hydrogen-bond acceptors (Lipinski definition) is 9. The maximum atomic E-state index is 16.7. The van der Waals surface area contributed by atoms with Crippen LogP contribution in [0, 0.1) is 18.7 Å². The van der Waals surface area contributed by atoms with Crippen molar-refractivity contribution in [2.24, 2.45) is 5.92 Å². The summed E-state index contributed by atoms with van der Waals surface area (Å²) in [5.41, 5.74) is 4.66. The van der Waals surface area contributed by atoms with E-state index in [4.69, 9.17) is 9.72 Å². The van der Waals surface area contributed by atoms with Crippen molar-refractivity contribution >= 4 is 51.3 Å². The van der Waals surface area contributed by atoms with Crippen LogP contribution in [0.2, 0.25) is 0 Å². The smallest absolute Gasteiger partial charge is 0.407 e. The average molecular weight is 793 g/mol. The summed E-state index contributed by atoms with van der Waals surface area (Å²) >= 11 is 0. The number of aryl methyl sites for hydroxylation is 1. The van der Waals surface area contributed by atoms with E-state index in [0.29, 0.717) is 70.0 Å². The lowest BCUT2D eigenvalue weighted by atomic mass is 10.0. The molecule has 4 N–H and O–H groups in total. The summed E-state index contributed by atoms with van der Waals surface area (Å²) in [5.74, 6) is 0.936. The molecule has 6 aromatic rings. The van der Waals surface area contributed by atoms with Crippen LogP contribution in [-0.2, 0) is 19.1 Å². The molecular weight excluding hydrogens is 748 g/mol. The SMILES string of the molecule is COC(=O)NCC(=O)N1CCC[C@H]1c1ncc(-c2ccc3c(c2)nc(C)n2c4ccc(-c5cnc(C6CCCN6C(=O)[C@@H](NC(=O)OC)C(C)C)[nH]5)cc4c(F)c32)[nH]1. The van der Waals surface area contributed by atoms with E-state index in [-0.39, 0.29) is 42.2 Å². The minimum Gasteiger partial charge on any atom is -0.453 e. The molecule has 0 radical (unpaired) electrons. The zero-order valence-corrected chi connectivity index (χ0v) is 32.9. The highest BCUT2D eigenvalue weighted by Gasteiger charge is 2.38. The Balaban J connectivity index is 1.06. The zero-order valence-electron chi connectivity index (χ0n) is 32.9. The van der Waals surface area contributed by atoms with Crippen molar-refractivity contribution in [2.45, 2.75) is 64.6 Å². The van der Waals surface area contributed by atoms with E-state index >= 15 is 4.39 Å². The van der Waals surface area contributed by atoms with Crippen molar-refractivity contribution < 1.29 is 33.0 Å². The molecule has 16 nitrogen and oxygen atoms in total. The third kappa shape index (κ3) is 6.83. The van der Waals surface area contributed by atoms with E-state index in [1.165, 1.54) is 14.2 Å². The number of benzene rings is 2. The molecule has 8 rings (SSSR count). The lowest BCUT2D eigenvalue weighted by molar-refractivity contribution is -0.135. The fourth-order valence-corrected chi connectivity index (χ4v) is 8.38. The van der Waals surface area contributed by atoms with Gasteiger partial charge in [0.25, 0.3) is 0 Å². The summed E-state index contributed by atoms with van der Waals surface area (Å²) in [7, 11) is 2.51. The number of rotatable bonds is 9. The van der Waals surface area contributed by atoms with Crippen LogP contribution in [0.5, 0.6) is 0 Å². The van der Waals surface area contributed by atoms with E-state index in [9.17, 15) is 19.2 Å². The van der Waals surface area contributed by atoms with E-state index in [1.807, 2.05) is 55.5 Å². The molecule has 17 heteroatoms. The molecule has 2 saturated heterocycles. The number of hydrogen-bond donors (Lipinski definition) is 4. The van der Waals surface area contributed by atoms with Gasteiger partial charge >= 0.3 is 12.2 Å². The van der Waals surface area contributed by atoms with Gasteiger partial charge in [0.15, 0.2) is 5.82 Å². The number of carbonyl (C=O) groups is 4. The van der Waals surface area contributed by atoms with Gasteiger partial charge in [-0.15, -0.1) is 0 Å². The van der Waals surface area contributed by atoms with Crippen molar-refractivity contribution in [1.82, 2.24) is 49.8 Å². The number of ether oxygens (including phenoxy) is 2. The largest absolute Gasteiger partial charge is 0.453 e. The van der Waals surface area contributed by atoms with Gasteiger partial charge in [-0.2, -0.15) is 0 Å². The van der Waals surface area contributed by atoms with Crippen LogP contribution in [0.15, 0.2) is 48.8 Å². The minimum absolute atomic E-state index is 0.152. The quantitative estimate of drug-likeness (QED) is 0.137. The number of aromatic amines is 2. The van der Waals surface area contributed by atoms with E-state index in [0.717, 1.165) is 36.1 Å². The van der Waals surface area contributed by atoms with Crippen LogP contribution < -0.4 is 10.6 Å². The zero-order chi connectivity index (χ0) is 40.8. The number of methoxy groups -OCH3 is 2. The third-order valence-electron chi connectivity index (χ3n) is 11.3. The first-order valence-corrected chi connectivity index (χ1v) is 19.4. The Kier molecular flexibility index (Phi) is 10.2. The molecule has 6 heterocycles. The van der Waals surface area contributed by atoms with Crippen molar-refractivity contribution in [1.29, 1.82) is 0 Å². The second-order valence-corrected chi connectivity index (χ2v) is 15.1. The summed E-state index contributed by atoms with van der Waals surface area (Å²) < 4.78 is 27.8. The number of imidazole rings is 2. The van der Waals surface area contributed by atoms with Gasteiger partial charge in [0, 0.05) is 35.0 Å². The molecule has 0 bridgehead atoms. The number of aromatic nitrogens is 6. The number of H-pyrrole nitrogens is 2. The summed E-state index contributed by atoms with van der Waals surface area (Å²) in [4.78, 5) is 74.4. The minimum atomic E-state index is -0.743. The molecule has 3 atom stereocenters. The Morgan fingerprint density at radius 3 is 2.14 bits per heavy atom. The van der Waals surface area contributed by atoms with Crippen LogP contribution >= 0.6 is 0 Å². The van der Waals surface area contributed by atoms with Gasteiger partial charge in [-0.1, -0.05) is 26.0 Å². The topological polar surface area (TPSA) is 192 Å². The summed E-state index contributed by atoms with van der Waals surface area (Å²) in [5, 5.41) is 6.20. The normalized spacial score (nSPS) is 17.4. The summed E-state index contributed by atoms with van der Waals surface area (Å²) in [6.07, 6.45) is 5.13. The molecule has 0 aliphatic carbocycles. The third-order valence-corrected chi connectivity index (χ3v) is 11.3. The number of fused-ring (bicyclic) bond motifs is 5. The number of halogens is 1.